The minimum Gasteiger partial charge on any atom is -0.375 e. The number of thiazole rings is 1. The molecule has 0 aliphatic rings. The van der Waals surface area contributed by atoms with Crippen molar-refractivity contribution in [3.8, 4) is 0 Å². The van der Waals surface area contributed by atoms with E-state index < -0.39 is 0 Å². The second kappa shape index (κ2) is 5.11. The molecule has 4 nitrogen and oxygen atoms in total. The number of rotatable bonds is 4. The number of nitrogen functional groups attached to an aromatic ring is 1. The molecule has 0 aromatic carbocycles. The first-order chi connectivity index (χ1) is 7.00. The van der Waals surface area contributed by atoms with Crippen LogP contribution in [-0.2, 0) is 0 Å². The molecular formula is C10H17N3OS. The van der Waals surface area contributed by atoms with E-state index in [1.807, 2.05) is 0 Å². The summed E-state index contributed by atoms with van der Waals surface area (Å²) in [6, 6.07) is 0. The fraction of sp³-hybridized carbons (Fsp3) is 0.600. The second-order valence-corrected chi connectivity index (χ2v) is 4.87. The van der Waals surface area contributed by atoms with Gasteiger partial charge in [-0.1, -0.05) is 13.8 Å². The van der Waals surface area contributed by atoms with Crippen molar-refractivity contribution >= 4 is 22.4 Å². The van der Waals surface area contributed by atoms with Gasteiger partial charge in [0.05, 0.1) is 0 Å². The number of hydrogen-bond donors (Lipinski definition) is 1. The average Bonchev–Trinajstić information content (AvgIpc) is 2.60. The van der Waals surface area contributed by atoms with E-state index in [1.54, 1.807) is 17.3 Å². The molecule has 0 aliphatic heterocycles. The molecule has 84 valence electrons. The molecule has 2 N–H and O–H groups in total. The SMILES string of the molecule is CC(C)CCN(C)C(=O)c1csc(N)n1. The number of amides is 1. The topological polar surface area (TPSA) is 59.2 Å². The van der Waals surface area contributed by atoms with E-state index in [0.29, 0.717) is 16.7 Å². The van der Waals surface area contributed by atoms with Crippen LogP contribution >= 0.6 is 11.3 Å². The van der Waals surface area contributed by atoms with Gasteiger partial charge in [-0.15, -0.1) is 11.3 Å². The summed E-state index contributed by atoms with van der Waals surface area (Å²) in [4.78, 5) is 17.4. The van der Waals surface area contributed by atoms with Crippen LogP contribution in [0.4, 0.5) is 5.13 Å². The van der Waals surface area contributed by atoms with Gasteiger partial charge in [0, 0.05) is 19.0 Å². The number of anilines is 1. The molecule has 0 bridgehead atoms. The van der Waals surface area contributed by atoms with E-state index in [2.05, 4.69) is 18.8 Å². The number of nitrogens with zero attached hydrogens (tertiary/aromatic N) is 2. The summed E-state index contributed by atoms with van der Waals surface area (Å²) in [6.07, 6.45) is 1.00. The largest absolute Gasteiger partial charge is 0.375 e. The Morgan fingerprint density at radius 2 is 2.33 bits per heavy atom. The monoisotopic (exact) mass is 227 g/mol. The maximum Gasteiger partial charge on any atom is 0.273 e. The molecule has 0 saturated carbocycles. The fourth-order valence-corrected chi connectivity index (χ4v) is 1.67. The van der Waals surface area contributed by atoms with Gasteiger partial charge < -0.3 is 10.6 Å². The van der Waals surface area contributed by atoms with E-state index in [1.165, 1.54) is 11.3 Å². The number of hydrogen-bond acceptors (Lipinski definition) is 4. The quantitative estimate of drug-likeness (QED) is 0.854. The first-order valence-corrected chi connectivity index (χ1v) is 5.85. The molecule has 0 atom stereocenters. The van der Waals surface area contributed by atoms with Crippen LogP contribution in [0.5, 0.6) is 0 Å². The Morgan fingerprint density at radius 1 is 1.67 bits per heavy atom. The lowest BCUT2D eigenvalue weighted by Gasteiger charge is -2.16. The van der Waals surface area contributed by atoms with Crippen molar-refractivity contribution in [2.24, 2.45) is 5.92 Å². The summed E-state index contributed by atoms with van der Waals surface area (Å²) in [5.74, 6) is 0.546. The van der Waals surface area contributed by atoms with Crippen LogP contribution in [0.2, 0.25) is 0 Å². The van der Waals surface area contributed by atoms with Crippen LogP contribution in [0.15, 0.2) is 5.38 Å². The molecule has 0 spiro atoms. The van der Waals surface area contributed by atoms with Crippen molar-refractivity contribution in [3.63, 3.8) is 0 Å². The van der Waals surface area contributed by atoms with Crippen molar-refractivity contribution in [3.05, 3.63) is 11.1 Å². The minimum atomic E-state index is -0.0522. The van der Waals surface area contributed by atoms with E-state index >= 15 is 0 Å². The number of carbonyl (C=O) groups excluding carboxylic acids is 1. The van der Waals surface area contributed by atoms with Gasteiger partial charge >= 0.3 is 0 Å². The molecule has 1 amide bonds. The molecule has 0 saturated heterocycles. The molecule has 5 heteroatoms. The van der Waals surface area contributed by atoms with Crippen LogP contribution < -0.4 is 5.73 Å². The van der Waals surface area contributed by atoms with E-state index in [-0.39, 0.29) is 5.91 Å². The molecule has 15 heavy (non-hydrogen) atoms. The second-order valence-electron chi connectivity index (χ2n) is 3.98. The molecule has 0 unspecified atom stereocenters. The molecule has 1 heterocycles. The van der Waals surface area contributed by atoms with Gasteiger partial charge in [0.15, 0.2) is 5.13 Å². The maximum atomic E-state index is 11.8. The molecular weight excluding hydrogens is 210 g/mol. The normalized spacial score (nSPS) is 10.7. The van der Waals surface area contributed by atoms with Crippen LogP contribution in [0, 0.1) is 5.92 Å². The molecule has 1 aromatic heterocycles. The first-order valence-electron chi connectivity index (χ1n) is 4.97. The van der Waals surface area contributed by atoms with Gasteiger partial charge in [-0.25, -0.2) is 4.98 Å². The van der Waals surface area contributed by atoms with Gasteiger partial charge in [-0.05, 0) is 12.3 Å². The maximum absolute atomic E-state index is 11.8. The zero-order valence-electron chi connectivity index (χ0n) is 9.36. The Hall–Kier alpha value is -1.10. The molecule has 0 fully saturated rings. The minimum absolute atomic E-state index is 0.0522. The van der Waals surface area contributed by atoms with Crippen LogP contribution in [0.3, 0.4) is 0 Å². The van der Waals surface area contributed by atoms with Crippen molar-refractivity contribution < 1.29 is 4.79 Å². The number of aromatic nitrogens is 1. The van der Waals surface area contributed by atoms with E-state index in [9.17, 15) is 4.79 Å². The summed E-state index contributed by atoms with van der Waals surface area (Å²) in [6.45, 7) is 5.03. The lowest BCUT2D eigenvalue weighted by molar-refractivity contribution is 0.0784. The van der Waals surface area contributed by atoms with Crippen molar-refractivity contribution in [2.75, 3.05) is 19.3 Å². The van der Waals surface area contributed by atoms with Gasteiger partial charge in [0.1, 0.15) is 5.69 Å². The highest BCUT2D eigenvalue weighted by Crippen LogP contribution is 2.13. The molecule has 1 aromatic rings. The summed E-state index contributed by atoms with van der Waals surface area (Å²) in [5, 5.41) is 2.14. The Morgan fingerprint density at radius 3 is 2.80 bits per heavy atom. The average molecular weight is 227 g/mol. The van der Waals surface area contributed by atoms with Crippen molar-refractivity contribution in [2.45, 2.75) is 20.3 Å². The number of nitrogens with two attached hydrogens (primary N) is 1. The van der Waals surface area contributed by atoms with Gasteiger partial charge in [-0.3, -0.25) is 4.79 Å². The lowest BCUT2D eigenvalue weighted by atomic mass is 10.1. The third-order valence-corrected chi connectivity index (χ3v) is 2.80. The van der Waals surface area contributed by atoms with E-state index in [0.717, 1.165) is 13.0 Å². The summed E-state index contributed by atoms with van der Waals surface area (Å²) in [5.41, 5.74) is 5.92. The summed E-state index contributed by atoms with van der Waals surface area (Å²) in [7, 11) is 1.79. The standard InChI is InChI=1S/C10H17N3OS/c1-7(2)4-5-13(3)9(14)8-6-15-10(11)12-8/h6-7H,4-5H2,1-3H3,(H2,11,12). The smallest absolute Gasteiger partial charge is 0.273 e. The van der Waals surface area contributed by atoms with Crippen LogP contribution in [0.1, 0.15) is 30.8 Å². The third-order valence-electron chi connectivity index (χ3n) is 2.13. The lowest BCUT2D eigenvalue weighted by Crippen LogP contribution is -2.28. The van der Waals surface area contributed by atoms with Crippen molar-refractivity contribution in [1.29, 1.82) is 0 Å². The Labute approximate surface area is 94.1 Å². The molecule has 1 rings (SSSR count). The Balaban J connectivity index is 2.53. The molecule has 0 radical (unpaired) electrons. The van der Waals surface area contributed by atoms with E-state index in [4.69, 9.17) is 5.73 Å². The predicted octanol–water partition coefficient (Wildman–Crippen LogP) is 1.84. The zero-order chi connectivity index (χ0) is 11.4. The number of carbonyl (C=O) groups is 1. The van der Waals surface area contributed by atoms with Crippen molar-refractivity contribution in [1.82, 2.24) is 9.88 Å². The predicted molar refractivity (Wildman–Crippen MR) is 62.9 cm³/mol. The fourth-order valence-electron chi connectivity index (χ4n) is 1.13. The van der Waals surface area contributed by atoms with Gasteiger partial charge in [0.2, 0.25) is 0 Å². The van der Waals surface area contributed by atoms with Crippen LogP contribution in [-0.4, -0.2) is 29.4 Å². The Kier molecular flexibility index (Phi) is 4.08. The highest BCUT2D eigenvalue weighted by molar-refractivity contribution is 7.13. The van der Waals surface area contributed by atoms with Gasteiger partial charge in [0.25, 0.3) is 5.91 Å². The summed E-state index contributed by atoms with van der Waals surface area (Å²) >= 11 is 1.29. The first kappa shape index (κ1) is 12.0. The van der Waals surface area contributed by atoms with Gasteiger partial charge in [-0.2, -0.15) is 0 Å². The zero-order valence-corrected chi connectivity index (χ0v) is 10.2. The third kappa shape index (κ3) is 3.51. The highest BCUT2D eigenvalue weighted by atomic mass is 32.1. The van der Waals surface area contributed by atoms with Crippen LogP contribution in [0.25, 0.3) is 0 Å². The summed E-state index contributed by atoms with van der Waals surface area (Å²) < 4.78 is 0. The highest BCUT2D eigenvalue weighted by Gasteiger charge is 2.14. The Bertz CT molecular complexity index is 335. The molecule has 0 aliphatic carbocycles.